The Hall–Kier alpha value is -0.660. The number of rotatable bonds is 1. The quantitative estimate of drug-likeness (QED) is 0.724. The van der Waals surface area contributed by atoms with Gasteiger partial charge in [-0.1, -0.05) is 12.2 Å². The summed E-state index contributed by atoms with van der Waals surface area (Å²) in [4.78, 5) is 0.206. The average molecular weight is 406 g/mol. The molecule has 2 aliphatic rings. The van der Waals surface area contributed by atoms with E-state index in [9.17, 15) is 8.42 Å². The van der Waals surface area contributed by atoms with E-state index in [0.717, 1.165) is 17.3 Å². The van der Waals surface area contributed by atoms with Crippen molar-refractivity contribution in [3.63, 3.8) is 0 Å². The highest BCUT2D eigenvalue weighted by Gasteiger charge is 2.29. The Morgan fingerprint density at radius 1 is 1.16 bits per heavy atom. The monoisotopic (exact) mass is 404 g/mol. The van der Waals surface area contributed by atoms with Crippen LogP contribution in [0.3, 0.4) is 0 Å². The summed E-state index contributed by atoms with van der Waals surface area (Å²) >= 11 is 6.69. The van der Waals surface area contributed by atoms with E-state index in [1.165, 1.54) is 0 Å². The summed E-state index contributed by atoms with van der Waals surface area (Å²) in [6.45, 7) is 0. The molecule has 0 saturated heterocycles. The van der Waals surface area contributed by atoms with Crippen LogP contribution >= 0.6 is 31.9 Å². The number of hydrogen-bond acceptors (Lipinski definition) is 3. The molecule has 0 spiro atoms. The molecule has 0 amide bonds. The van der Waals surface area contributed by atoms with Gasteiger partial charge in [-0.3, -0.25) is 0 Å². The van der Waals surface area contributed by atoms with Crippen LogP contribution in [0.15, 0.2) is 42.5 Å². The molecule has 4 nitrogen and oxygen atoms in total. The first-order valence-electron chi connectivity index (χ1n) is 5.73. The van der Waals surface area contributed by atoms with Crippen LogP contribution in [0, 0.1) is 5.92 Å². The standard InChI is InChI=1S/C12H10Br2N2O2S/c13-8-5-10-11(6-9(8)14)19(17,18)16-12(15-10)7-3-1-2-4-7/h1-2,5-7H,3-4H2,(H,15,16). The fraction of sp³-hybridized carbons (Fsp3) is 0.250. The molecule has 1 aliphatic heterocycles. The number of sulfonamides is 1. The Balaban J connectivity index is 2.08. The fourth-order valence-corrected chi connectivity index (χ4v) is 4.24. The molecule has 1 aromatic carbocycles. The second-order valence-electron chi connectivity index (χ2n) is 4.48. The van der Waals surface area contributed by atoms with E-state index in [1.54, 1.807) is 12.1 Å². The maximum atomic E-state index is 12.2. The molecule has 19 heavy (non-hydrogen) atoms. The molecule has 3 rings (SSSR count). The normalized spacial score (nSPS) is 20.8. The topological polar surface area (TPSA) is 58.5 Å². The summed E-state index contributed by atoms with van der Waals surface area (Å²) in [6.07, 6.45) is 5.76. The second kappa shape index (κ2) is 4.71. The number of benzene rings is 1. The Kier molecular flexibility index (Phi) is 3.31. The molecule has 0 unspecified atom stereocenters. The molecular weight excluding hydrogens is 396 g/mol. The first-order valence-corrected chi connectivity index (χ1v) is 8.76. The zero-order chi connectivity index (χ0) is 13.6. The van der Waals surface area contributed by atoms with Crippen molar-refractivity contribution in [2.45, 2.75) is 17.7 Å². The van der Waals surface area contributed by atoms with Crippen molar-refractivity contribution in [2.24, 2.45) is 10.3 Å². The summed E-state index contributed by atoms with van der Waals surface area (Å²) in [5, 5.41) is 3.14. The highest BCUT2D eigenvalue weighted by molar-refractivity contribution is 9.13. The molecule has 1 heterocycles. The lowest BCUT2D eigenvalue weighted by Crippen LogP contribution is -2.27. The summed E-state index contributed by atoms with van der Waals surface area (Å²) in [6, 6.07) is 3.32. The van der Waals surface area contributed by atoms with Crippen molar-refractivity contribution >= 4 is 53.4 Å². The van der Waals surface area contributed by atoms with Crippen LogP contribution in [0.25, 0.3) is 0 Å². The molecular formula is C12H10Br2N2O2S. The van der Waals surface area contributed by atoms with E-state index in [4.69, 9.17) is 0 Å². The van der Waals surface area contributed by atoms with Crippen molar-refractivity contribution < 1.29 is 8.42 Å². The first kappa shape index (κ1) is 13.3. The van der Waals surface area contributed by atoms with Gasteiger partial charge in [0.25, 0.3) is 10.0 Å². The summed E-state index contributed by atoms with van der Waals surface area (Å²) < 4.78 is 29.8. The fourth-order valence-electron chi connectivity index (χ4n) is 2.20. The molecule has 1 N–H and O–H groups in total. The van der Waals surface area contributed by atoms with Crippen LogP contribution in [0.4, 0.5) is 5.69 Å². The van der Waals surface area contributed by atoms with Gasteiger partial charge in [0.2, 0.25) is 0 Å². The third kappa shape index (κ3) is 2.39. The Bertz CT molecular complexity index is 703. The number of nitrogens with one attached hydrogen (secondary N) is 1. The average Bonchev–Trinajstić information content (AvgIpc) is 2.84. The molecule has 0 bridgehead atoms. The van der Waals surface area contributed by atoms with Gasteiger partial charge in [-0.2, -0.15) is 8.42 Å². The minimum atomic E-state index is -3.62. The van der Waals surface area contributed by atoms with Crippen molar-refractivity contribution in [1.82, 2.24) is 0 Å². The molecule has 7 heteroatoms. The van der Waals surface area contributed by atoms with Crippen LogP contribution in [-0.4, -0.2) is 14.3 Å². The first-order chi connectivity index (χ1) is 8.97. The van der Waals surface area contributed by atoms with E-state index in [-0.39, 0.29) is 10.8 Å². The van der Waals surface area contributed by atoms with E-state index >= 15 is 0 Å². The van der Waals surface area contributed by atoms with Gasteiger partial charge in [0.05, 0.1) is 5.69 Å². The molecule has 1 aliphatic carbocycles. The van der Waals surface area contributed by atoms with Gasteiger partial charge in [-0.15, -0.1) is 4.40 Å². The summed E-state index contributed by atoms with van der Waals surface area (Å²) in [5.74, 6) is 0.664. The van der Waals surface area contributed by atoms with E-state index in [0.29, 0.717) is 16.0 Å². The number of anilines is 1. The van der Waals surface area contributed by atoms with Gasteiger partial charge in [-0.25, -0.2) is 0 Å². The van der Waals surface area contributed by atoms with Gasteiger partial charge >= 0.3 is 0 Å². The number of nitrogens with zero attached hydrogens (tertiary/aromatic N) is 1. The van der Waals surface area contributed by atoms with Crippen LogP contribution in [-0.2, 0) is 10.0 Å². The summed E-state index contributed by atoms with van der Waals surface area (Å²) in [5.41, 5.74) is 0.576. The highest BCUT2D eigenvalue weighted by Crippen LogP contribution is 2.36. The van der Waals surface area contributed by atoms with Crippen LogP contribution in [0.1, 0.15) is 12.8 Å². The van der Waals surface area contributed by atoms with Gasteiger partial charge < -0.3 is 5.32 Å². The number of amidine groups is 1. The molecule has 0 atom stereocenters. The predicted octanol–water partition coefficient (Wildman–Crippen LogP) is 3.69. The van der Waals surface area contributed by atoms with Crippen molar-refractivity contribution in [2.75, 3.05) is 5.32 Å². The van der Waals surface area contributed by atoms with Gasteiger partial charge in [-0.05, 0) is 56.8 Å². The van der Waals surface area contributed by atoms with E-state index in [2.05, 4.69) is 53.7 Å². The Morgan fingerprint density at radius 2 is 1.79 bits per heavy atom. The number of allylic oxidation sites excluding steroid dienone is 2. The van der Waals surface area contributed by atoms with E-state index < -0.39 is 10.0 Å². The second-order valence-corrected chi connectivity index (χ2v) is 7.76. The minimum Gasteiger partial charge on any atom is -0.342 e. The van der Waals surface area contributed by atoms with Crippen LogP contribution in [0.5, 0.6) is 0 Å². The molecule has 1 aromatic rings. The van der Waals surface area contributed by atoms with Crippen molar-refractivity contribution in [3.05, 3.63) is 33.2 Å². The van der Waals surface area contributed by atoms with Crippen LogP contribution in [0.2, 0.25) is 0 Å². The summed E-state index contributed by atoms with van der Waals surface area (Å²) in [7, 11) is -3.62. The molecule has 0 fully saturated rings. The number of halogens is 2. The lowest BCUT2D eigenvalue weighted by Gasteiger charge is -2.22. The lowest BCUT2D eigenvalue weighted by atomic mass is 10.1. The highest BCUT2D eigenvalue weighted by atomic mass is 79.9. The molecule has 100 valence electrons. The lowest BCUT2D eigenvalue weighted by molar-refractivity contribution is 0.596. The maximum absolute atomic E-state index is 12.2. The minimum absolute atomic E-state index is 0.130. The Labute approximate surface area is 128 Å². The van der Waals surface area contributed by atoms with Gasteiger partial charge in [0.15, 0.2) is 0 Å². The smallest absolute Gasteiger partial charge is 0.286 e. The predicted molar refractivity (Wildman–Crippen MR) is 81.9 cm³/mol. The molecule has 0 radical (unpaired) electrons. The molecule has 0 saturated carbocycles. The zero-order valence-electron chi connectivity index (χ0n) is 9.73. The SMILES string of the molecule is O=S1(=O)N=C(C2CC=CC2)Nc2cc(Br)c(Br)cc21. The van der Waals surface area contributed by atoms with Crippen LogP contribution < -0.4 is 5.32 Å². The van der Waals surface area contributed by atoms with E-state index in [1.807, 2.05) is 0 Å². The van der Waals surface area contributed by atoms with Gasteiger partial charge in [0.1, 0.15) is 10.7 Å². The largest absolute Gasteiger partial charge is 0.342 e. The maximum Gasteiger partial charge on any atom is 0.286 e. The van der Waals surface area contributed by atoms with Crippen molar-refractivity contribution in [3.8, 4) is 0 Å². The van der Waals surface area contributed by atoms with Gasteiger partial charge in [0, 0.05) is 14.9 Å². The number of fused-ring (bicyclic) bond motifs is 1. The third-order valence-corrected chi connectivity index (χ3v) is 6.35. The number of hydrogen-bond donors (Lipinski definition) is 1. The zero-order valence-corrected chi connectivity index (χ0v) is 13.7. The Morgan fingerprint density at radius 3 is 2.47 bits per heavy atom. The molecule has 0 aromatic heterocycles. The van der Waals surface area contributed by atoms with Crippen molar-refractivity contribution in [1.29, 1.82) is 0 Å². The third-order valence-electron chi connectivity index (χ3n) is 3.18.